The lowest BCUT2D eigenvalue weighted by atomic mass is 10.0. The van der Waals surface area contributed by atoms with E-state index in [4.69, 9.17) is 4.74 Å². The van der Waals surface area contributed by atoms with E-state index >= 15 is 0 Å². The van der Waals surface area contributed by atoms with Crippen molar-refractivity contribution in [3.8, 4) is 5.75 Å². The van der Waals surface area contributed by atoms with Crippen LogP contribution in [0.3, 0.4) is 0 Å². The summed E-state index contributed by atoms with van der Waals surface area (Å²) >= 11 is 0. The van der Waals surface area contributed by atoms with Gasteiger partial charge in [-0.2, -0.15) is 0 Å². The molecule has 0 aromatic heterocycles. The zero-order valence-corrected chi connectivity index (χ0v) is 19.5. The van der Waals surface area contributed by atoms with Crippen LogP contribution >= 0.6 is 0 Å². The van der Waals surface area contributed by atoms with Gasteiger partial charge in [0.1, 0.15) is 11.8 Å². The molecule has 172 valence electrons. The van der Waals surface area contributed by atoms with Crippen LogP contribution in [0.5, 0.6) is 5.75 Å². The molecule has 0 radical (unpaired) electrons. The second-order valence-corrected chi connectivity index (χ2v) is 8.40. The molecule has 5 heteroatoms. The van der Waals surface area contributed by atoms with E-state index in [9.17, 15) is 9.59 Å². The lowest BCUT2D eigenvalue weighted by Gasteiger charge is -2.32. The van der Waals surface area contributed by atoms with Gasteiger partial charge in [0.2, 0.25) is 11.8 Å². The summed E-state index contributed by atoms with van der Waals surface area (Å²) in [5.41, 5.74) is 2.87. The lowest BCUT2D eigenvalue weighted by molar-refractivity contribution is -0.141. The summed E-state index contributed by atoms with van der Waals surface area (Å²) in [6.07, 6.45) is 0.650. The maximum Gasteiger partial charge on any atom is 0.243 e. The molecule has 0 spiro atoms. The minimum atomic E-state index is -0.624. The molecule has 0 bridgehead atoms. The van der Waals surface area contributed by atoms with E-state index in [1.54, 1.807) is 12.0 Å². The smallest absolute Gasteiger partial charge is 0.243 e. The maximum absolute atomic E-state index is 13.6. The third-order valence-corrected chi connectivity index (χ3v) is 5.41. The molecular weight excluding hydrogens is 412 g/mol. The Balaban J connectivity index is 1.92. The Hall–Kier alpha value is -3.60. The Morgan fingerprint density at radius 2 is 1.39 bits per heavy atom. The molecule has 0 saturated heterocycles. The highest BCUT2D eigenvalue weighted by Gasteiger charge is 2.30. The van der Waals surface area contributed by atoms with Crippen LogP contribution in [0.1, 0.15) is 30.5 Å². The summed E-state index contributed by atoms with van der Waals surface area (Å²) in [5.74, 6) is 0.502. The van der Waals surface area contributed by atoms with Crippen LogP contribution in [-0.4, -0.2) is 35.9 Å². The largest absolute Gasteiger partial charge is 0.497 e. The van der Waals surface area contributed by atoms with Crippen LogP contribution < -0.4 is 10.1 Å². The van der Waals surface area contributed by atoms with Crippen LogP contribution in [0.25, 0.3) is 0 Å². The first kappa shape index (κ1) is 24.1. The summed E-state index contributed by atoms with van der Waals surface area (Å²) in [6, 6.07) is 26.4. The second kappa shape index (κ2) is 11.9. The average molecular weight is 445 g/mol. The van der Waals surface area contributed by atoms with E-state index in [0.717, 1.165) is 22.4 Å². The van der Waals surface area contributed by atoms with Crippen LogP contribution in [-0.2, 0) is 29.0 Å². The number of benzene rings is 3. The number of methoxy groups -OCH3 is 1. The predicted molar refractivity (Wildman–Crippen MR) is 131 cm³/mol. The van der Waals surface area contributed by atoms with E-state index in [1.165, 1.54) is 0 Å². The van der Waals surface area contributed by atoms with Gasteiger partial charge >= 0.3 is 0 Å². The first-order valence-electron chi connectivity index (χ1n) is 11.3. The van der Waals surface area contributed by atoms with E-state index in [2.05, 4.69) is 5.32 Å². The fourth-order valence-corrected chi connectivity index (χ4v) is 3.73. The van der Waals surface area contributed by atoms with Gasteiger partial charge in [0.25, 0.3) is 0 Å². The summed E-state index contributed by atoms with van der Waals surface area (Å²) in [5, 5.41) is 3.01. The highest BCUT2D eigenvalue weighted by molar-refractivity contribution is 5.89. The molecular formula is C28H32N2O3. The molecule has 0 aliphatic carbocycles. The minimum Gasteiger partial charge on any atom is -0.497 e. The zero-order valence-electron chi connectivity index (χ0n) is 19.5. The predicted octanol–water partition coefficient (Wildman–Crippen LogP) is 4.40. The lowest BCUT2D eigenvalue weighted by Crippen LogP contribution is -2.52. The van der Waals surface area contributed by atoms with E-state index in [-0.39, 0.29) is 24.3 Å². The van der Waals surface area contributed by atoms with Gasteiger partial charge < -0.3 is 15.0 Å². The molecule has 3 aromatic rings. The number of carbonyl (C=O) groups excluding carboxylic acids is 2. The van der Waals surface area contributed by atoms with Gasteiger partial charge in [0.05, 0.1) is 13.5 Å². The Morgan fingerprint density at radius 1 is 0.818 bits per heavy atom. The first-order valence-corrected chi connectivity index (χ1v) is 11.3. The van der Waals surface area contributed by atoms with Crippen molar-refractivity contribution >= 4 is 11.8 Å². The van der Waals surface area contributed by atoms with Gasteiger partial charge in [0, 0.05) is 19.0 Å². The third-order valence-electron chi connectivity index (χ3n) is 5.41. The molecule has 3 aromatic carbocycles. The topological polar surface area (TPSA) is 58.6 Å². The van der Waals surface area contributed by atoms with Crippen LogP contribution in [0, 0.1) is 0 Å². The highest BCUT2D eigenvalue weighted by Crippen LogP contribution is 2.18. The van der Waals surface area contributed by atoms with E-state index in [0.29, 0.717) is 13.0 Å². The summed E-state index contributed by atoms with van der Waals surface area (Å²) < 4.78 is 5.23. The number of hydrogen-bond donors (Lipinski definition) is 1. The van der Waals surface area contributed by atoms with Crippen molar-refractivity contribution in [2.24, 2.45) is 0 Å². The molecule has 0 saturated carbocycles. The molecule has 3 rings (SSSR count). The molecule has 33 heavy (non-hydrogen) atoms. The van der Waals surface area contributed by atoms with Crippen molar-refractivity contribution in [3.63, 3.8) is 0 Å². The molecule has 0 unspecified atom stereocenters. The van der Waals surface area contributed by atoms with Crippen molar-refractivity contribution in [2.75, 3.05) is 7.11 Å². The van der Waals surface area contributed by atoms with Crippen LogP contribution in [0.15, 0.2) is 84.9 Å². The average Bonchev–Trinajstić information content (AvgIpc) is 2.82. The Morgan fingerprint density at radius 3 is 1.94 bits per heavy atom. The van der Waals surface area contributed by atoms with Gasteiger partial charge in [0.15, 0.2) is 0 Å². The van der Waals surface area contributed by atoms with E-state index in [1.807, 2.05) is 98.8 Å². The normalized spacial score (nSPS) is 11.6. The van der Waals surface area contributed by atoms with Gasteiger partial charge in [-0.25, -0.2) is 0 Å². The Bertz CT molecular complexity index is 1020. The Kier molecular flexibility index (Phi) is 8.64. The number of nitrogens with zero attached hydrogens (tertiary/aromatic N) is 1. The summed E-state index contributed by atoms with van der Waals surface area (Å²) in [6.45, 7) is 4.22. The number of ether oxygens (including phenoxy) is 1. The number of hydrogen-bond acceptors (Lipinski definition) is 3. The van der Waals surface area contributed by atoms with Crippen molar-refractivity contribution in [3.05, 3.63) is 102 Å². The Labute approximate surface area is 196 Å². The number of rotatable bonds is 10. The first-order chi connectivity index (χ1) is 16.0. The fraction of sp³-hybridized carbons (Fsp3) is 0.286. The zero-order chi connectivity index (χ0) is 23.6. The molecule has 1 N–H and O–H groups in total. The third kappa shape index (κ3) is 7.21. The van der Waals surface area contributed by atoms with Gasteiger partial charge in [-0.05, 0) is 42.7 Å². The number of carbonyl (C=O) groups is 2. The van der Waals surface area contributed by atoms with E-state index < -0.39 is 6.04 Å². The van der Waals surface area contributed by atoms with Crippen molar-refractivity contribution in [1.82, 2.24) is 10.2 Å². The molecule has 0 fully saturated rings. The summed E-state index contributed by atoms with van der Waals surface area (Å²) in [7, 11) is 1.61. The van der Waals surface area contributed by atoms with Gasteiger partial charge in [-0.15, -0.1) is 0 Å². The fourth-order valence-electron chi connectivity index (χ4n) is 3.73. The monoisotopic (exact) mass is 444 g/mol. The number of nitrogens with one attached hydrogen (secondary N) is 1. The molecule has 0 aliphatic heterocycles. The minimum absolute atomic E-state index is 0.0222. The molecule has 1 atom stereocenters. The van der Waals surface area contributed by atoms with Crippen molar-refractivity contribution in [1.29, 1.82) is 0 Å². The van der Waals surface area contributed by atoms with Crippen LogP contribution in [0.4, 0.5) is 0 Å². The van der Waals surface area contributed by atoms with Crippen molar-refractivity contribution in [2.45, 2.75) is 45.3 Å². The molecule has 0 heterocycles. The van der Waals surface area contributed by atoms with Crippen LogP contribution in [0.2, 0.25) is 0 Å². The highest BCUT2D eigenvalue weighted by atomic mass is 16.5. The maximum atomic E-state index is 13.6. The number of amides is 2. The van der Waals surface area contributed by atoms with Crippen molar-refractivity contribution < 1.29 is 14.3 Å². The quantitative estimate of drug-likeness (QED) is 0.504. The van der Waals surface area contributed by atoms with Gasteiger partial charge in [-0.3, -0.25) is 9.59 Å². The standard InChI is InChI=1S/C28H32N2O3/c1-21(2)29-28(32)26(18-22-10-6-4-7-11-22)30(20-24-12-8-5-9-13-24)27(31)19-23-14-16-25(33-3)17-15-23/h4-17,21,26H,18-20H2,1-3H3,(H,29,32)/t26-/m1/s1. The summed E-state index contributed by atoms with van der Waals surface area (Å²) in [4.78, 5) is 28.6. The van der Waals surface area contributed by atoms with Gasteiger partial charge in [-0.1, -0.05) is 72.8 Å². The molecule has 5 nitrogen and oxygen atoms in total. The molecule has 2 amide bonds. The molecule has 0 aliphatic rings. The SMILES string of the molecule is COc1ccc(CC(=O)N(Cc2ccccc2)[C@H](Cc2ccccc2)C(=O)NC(C)C)cc1. The second-order valence-electron chi connectivity index (χ2n) is 8.40.